The summed E-state index contributed by atoms with van der Waals surface area (Å²) in [4.78, 5) is 1.83. The van der Waals surface area contributed by atoms with Crippen molar-refractivity contribution in [2.75, 3.05) is 5.73 Å². The van der Waals surface area contributed by atoms with Crippen LogP contribution in [0.2, 0.25) is 0 Å². The van der Waals surface area contributed by atoms with E-state index >= 15 is 0 Å². The molecular weight excluding hydrogens is 232 g/mol. The van der Waals surface area contributed by atoms with E-state index in [1.54, 1.807) is 21.9 Å². The monoisotopic (exact) mass is 243 g/mol. The van der Waals surface area contributed by atoms with Crippen LogP contribution in [0.1, 0.15) is 0 Å². The van der Waals surface area contributed by atoms with Crippen molar-refractivity contribution >= 4 is 21.9 Å². The predicted molar refractivity (Wildman–Crippen MR) is 69.0 cm³/mol. The first-order valence-electron chi connectivity index (χ1n) is 5.24. The van der Waals surface area contributed by atoms with Gasteiger partial charge in [0.2, 0.25) is 6.20 Å². The van der Waals surface area contributed by atoms with Crippen LogP contribution in [0, 0.1) is 0 Å². The van der Waals surface area contributed by atoms with Crippen LogP contribution in [-0.2, 0) is 0 Å². The number of benzene rings is 1. The van der Waals surface area contributed by atoms with Gasteiger partial charge in [-0.1, -0.05) is 41.7 Å². The second-order valence-electron chi connectivity index (χ2n) is 3.79. The lowest BCUT2D eigenvalue weighted by Gasteiger charge is -1.92. The molecule has 0 unspecified atom stereocenters. The van der Waals surface area contributed by atoms with E-state index in [0.29, 0.717) is 5.69 Å². The third kappa shape index (κ3) is 1.62. The molecule has 17 heavy (non-hydrogen) atoms. The second-order valence-corrected chi connectivity index (χ2v) is 4.82. The number of anilines is 1. The maximum atomic E-state index is 10.2. The fraction of sp³-hybridized carbons (Fsp3) is 0. The molecule has 3 aromatic rings. The Kier molecular flexibility index (Phi) is 2.23. The van der Waals surface area contributed by atoms with E-state index in [1.165, 1.54) is 0 Å². The Labute approximate surface area is 102 Å². The fourth-order valence-corrected chi connectivity index (χ4v) is 2.82. The highest BCUT2D eigenvalue weighted by Gasteiger charge is 2.21. The van der Waals surface area contributed by atoms with E-state index in [2.05, 4.69) is 0 Å². The molecule has 0 aliphatic carbocycles. The standard InChI is InChI=1S/C13H10N2OS/c14-10-6-7-11-15(8-10)13(16)12(17-11)9-4-2-1-3-5-9/h1-8H,14H2/p+1. The number of rotatable bonds is 1. The first kappa shape index (κ1) is 10.1. The van der Waals surface area contributed by atoms with E-state index in [4.69, 9.17) is 5.73 Å². The largest absolute Gasteiger partial charge is 0.458 e. The minimum atomic E-state index is 0.239. The van der Waals surface area contributed by atoms with Crippen LogP contribution in [-0.4, -0.2) is 5.11 Å². The molecule has 84 valence electrons. The average Bonchev–Trinajstić information content (AvgIpc) is 2.68. The molecule has 0 saturated heterocycles. The molecule has 4 heteroatoms. The van der Waals surface area contributed by atoms with Crippen LogP contribution in [0.3, 0.4) is 0 Å². The summed E-state index contributed by atoms with van der Waals surface area (Å²) in [6.07, 6.45) is 1.73. The van der Waals surface area contributed by atoms with Crippen molar-refractivity contribution in [3.8, 4) is 16.3 Å². The van der Waals surface area contributed by atoms with Gasteiger partial charge < -0.3 is 10.8 Å². The number of nitrogen functional groups attached to an aromatic ring is 1. The Bertz CT molecular complexity index is 676. The topological polar surface area (TPSA) is 50.4 Å². The summed E-state index contributed by atoms with van der Waals surface area (Å²) < 4.78 is 1.71. The van der Waals surface area contributed by atoms with Crippen molar-refractivity contribution in [3.05, 3.63) is 48.7 Å². The van der Waals surface area contributed by atoms with Crippen LogP contribution in [0.4, 0.5) is 5.69 Å². The minimum Gasteiger partial charge on any atom is -0.458 e. The molecule has 3 nitrogen and oxygen atoms in total. The maximum absolute atomic E-state index is 10.2. The van der Waals surface area contributed by atoms with Gasteiger partial charge in [0, 0.05) is 11.6 Å². The third-order valence-corrected chi connectivity index (χ3v) is 3.77. The Morgan fingerprint density at radius 1 is 1.06 bits per heavy atom. The predicted octanol–water partition coefficient (Wildman–Crippen LogP) is 2.44. The number of thiazole rings is 1. The highest BCUT2D eigenvalue weighted by Crippen LogP contribution is 2.33. The summed E-state index contributed by atoms with van der Waals surface area (Å²) in [5.74, 6) is 0.239. The molecule has 1 aromatic carbocycles. The molecule has 3 rings (SSSR count). The molecule has 0 radical (unpaired) electrons. The Balaban J connectivity index is 2.28. The van der Waals surface area contributed by atoms with Crippen molar-refractivity contribution in [2.24, 2.45) is 0 Å². The van der Waals surface area contributed by atoms with Gasteiger partial charge in [0.1, 0.15) is 0 Å². The molecule has 0 spiro atoms. The van der Waals surface area contributed by atoms with Crippen LogP contribution < -0.4 is 10.1 Å². The molecule has 0 fully saturated rings. The number of aromatic nitrogens is 1. The van der Waals surface area contributed by atoms with Gasteiger partial charge in [-0.3, -0.25) is 0 Å². The quantitative estimate of drug-likeness (QED) is 0.645. The van der Waals surface area contributed by atoms with E-state index in [-0.39, 0.29) is 5.88 Å². The van der Waals surface area contributed by atoms with Crippen LogP contribution in [0.5, 0.6) is 5.88 Å². The second kappa shape index (κ2) is 3.75. The molecule has 0 bridgehead atoms. The zero-order chi connectivity index (χ0) is 11.8. The summed E-state index contributed by atoms with van der Waals surface area (Å²) in [7, 11) is 0. The summed E-state index contributed by atoms with van der Waals surface area (Å²) in [6.45, 7) is 0. The smallest absolute Gasteiger partial charge is 0.390 e. The number of nitrogens with zero attached hydrogens (tertiary/aromatic N) is 1. The lowest BCUT2D eigenvalue weighted by Crippen LogP contribution is -2.18. The molecule has 0 amide bonds. The van der Waals surface area contributed by atoms with Crippen molar-refractivity contribution in [2.45, 2.75) is 0 Å². The molecular formula is C13H11N2OS+. The number of aromatic hydroxyl groups is 1. The third-order valence-electron chi connectivity index (χ3n) is 2.61. The summed E-state index contributed by atoms with van der Waals surface area (Å²) >= 11 is 1.54. The van der Waals surface area contributed by atoms with Gasteiger partial charge in [-0.15, -0.1) is 4.40 Å². The van der Waals surface area contributed by atoms with Crippen molar-refractivity contribution < 1.29 is 9.51 Å². The van der Waals surface area contributed by atoms with Gasteiger partial charge in [-0.25, -0.2) is 0 Å². The van der Waals surface area contributed by atoms with E-state index < -0.39 is 0 Å². The van der Waals surface area contributed by atoms with Crippen LogP contribution in [0.25, 0.3) is 15.3 Å². The first-order valence-corrected chi connectivity index (χ1v) is 6.05. The molecule has 0 aliphatic rings. The fourth-order valence-electron chi connectivity index (χ4n) is 1.79. The molecule has 0 atom stereocenters. The minimum absolute atomic E-state index is 0.239. The van der Waals surface area contributed by atoms with Gasteiger partial charge in [-0.2, -0.15) is 0 Å². The summed E-state index contributed by atoms with van der Waals surface area (Å²) in [5, 5.41) is 10.2. The number of hydrogen-bond donors (Lipinski definition) is 2. The van der Waals surface area contributed by atoms with Crippen LogP contribution >= 0.6 is 11.3 Å². The van der Waals surface area contributed by atoms with Gasteiger partial charge in [0.15, 0.2) is 4.88 Å². The van der Waals surface area contributed by atoms with Gasteiger partial charge in [0.25, 0.3) is 4.83 Å². The molecule has 2 aromatic heterocycles. The van der Waals surface area contributed by atoms with E-state index in [1.807, 2.05) is 42.5 Å². The van der Waals surface area contributed by atoms with Crippen molar-refractivity contribution in [1.29, 1.82) is 0 Å². The number of pyridine rings is 1. The van der Waals surface area contributed by atoms with E-state index in [9.17, 15) is 5.11 Å². The van der Waals surface area contributed by atoms with Crippen LogP contribution in [0.15, 0.2) is 48.7 Å². The average molecular weight is 243 g/mol. The zero-order valence-corrected chi connectivity index (χ0v) is 9.82. The molecule has 0 saturated carbocycles. The normalized spacial score (nSPS) is 10.8. The number of nitrogens with two attached hydrogens (primary N) is 1. The SMILES string of the molecule is Nc1ccc2sc(-c3ccccc3)c(O)[n+]2c1. The Morgan fingerprint density at radius 2 is 1.82 bits per heavy atom. The summed E-state index contributed by atoms with van der Waals surface area (Å²) in [5.41, 5.74) is 7.36. The van der Waals surface area contributed by atoms with Gasteiger partial charge in [0.05, 0.1) is 5.69 Å². The van der Waals surface area contributed by atoms with Gasteiger partial charge >= 0.3 is 5.88 Å². The highest BCUT2D eigenvalue weighted by atomic mass is 32.1. The lowest BCUT2D eigenvalue weighted by molar-refractivity contribution is -0.516. The number of fused-ring (bicyclic) bond motifs is 1. The Hall–Kier alpha value is -2.07. The molecule has 0 aliphatic heterocycles. The maximum Gasteiger partial charge on any atom is 0.390 e. The summed E-state index contributed by atoms with van der Waals surface area (Å²) in [6, 6.07) is 13.6. The van der Waals surface area contributed by atoms with Crippen molar-refractivity contribution in [1.82, 2.24) is 0 Å². The highest BCUT2D eigenvalue weighted by molar-refractivity contribution is 7.20. The number of hydrogen-bond acceptors (Lipinski definition) is 3. The Morgan fingerprint density at radius 3 is 2.59 bits per heavy atom. The van der Waals surface area contributed by atoms with Gasteiger partial charge in [-0.05, 0) is 6.07 Å². The lowest BCUT2D eigenvalue weighted by atomic mass is 10.2. The molecule has 2 heterocycles. The van der Waals surface area contributed by atoms with E-state index in [0.717, 1.165) is 15.3 Å². The zero-order valence-electron chi connectivity index (χ0n) is 9.00. The first-order chi connectivity index (χ1) is 8.25. The van der Waals surface area contributed by atoms with Crippen molar-refractivity contribution in [3.63, 3.8) is 0 Å². The molecule has 3 N–H and O–H groups in total.